The Morgan fingerprint density at radius 1 is 1.13 bits per heavy atom. The van der Waals surface area contributed by atoms with Gasteiger partial charge < -0.3 is 25.2 Å². The Bertz CT molecular complexity index is 1280. The van der Waals surface area contributed by atoms with Crippen LogP contribution in [0.3, 0.4) is 0 Å². The SMILES string of the molecule is COc1cc(C(=O)NCc2ccncc2)ccc1Nc1ncc2c(n1)N(C1CCCC1)CC(C)(C)CN2C. The highest BCUT2D eigenvalue weighted by atomic mass is 16.5. The number of anilines is 4. The number of benzene rings is 1. The summed E-state index contributed by atoms with van der Waals surface area (Å²) in [5.41, 5.74) is 3.39. The fraction of sp³-hybridized carbons (Fsp3) is 0.448. The van der Waals surface area contributed by atoms with Crippen molar-refractivity contribution in [2.75, 3.05) is 42.4 Å². The summed E-state index contributed by atoms with van der Waals surface area (Å²) < 4.78 is 5.63. The number of methoxy groups -OCH3 is 1. The van der Waals surface area contributed by atoms with Crippen molar-refractivity contribution in [3.63, 3.8) is 0 Å². The maximum absolute atomic E-state index is 12.8. The quantitative estimate of drug-likeness (QED) is 0.464. The highest BCUT2D eigenvalue weighted by Gasteiger charge is 2.36. The van der Waals surface area contributed by atoms with Gasteiger partial charge in [-0.3, -0.25) is 9.78 Å². The van der Waals surface area contributed by atoms with Gasteiger partial charge in [0.1, 0.15) is 5.75 Å². The molecule has 9 heteroatoms. The minimum atomic E-state index is -0.175. The normalized spacial score (nSPS) is 17.1. The molecule has 1 aliphatic heterocycles. The van der Waals surface area contributed by atoms with Crippen molar-refractivity contribution in [1.82, 2.24) is 20.3 Å². The van der Waals surface area contributed by atoms with E-state index in [1.54, 1.807) is 31.6 Å². The van der Waals surface area contributed by atoms with Gasteiger partial charge in [-0.05, 0) is 54.2 Å². The van der Waals surface area contributed by atoms with E-state index in [-0.39, 0.29) is 11.3 Å². The highest BCUT2D eigenvalue weighted by molar-refractivity contribution is 5.95. The molecule has 200 valence electrons. The van der Waals surface area contributed by atoms with Gasteiger partial charge in [-0.25, -0.2) is 4.98 Å². The Hall–Kier alpha value is -3.88. The molecule has 1 fully saturated rings. The molecule has 0 saturated heterocycles. The summed E-state index contributed by atoms with van der Waals surface area (Å²) in [7, 11) is 3.71. The first kappa shape index (κ1) is 25.8. The van der Waals surface area contributed by atoms with Crippen molar-refractivity contribution in [2.45, 2.75) is 52.1 Å². The molecule has 2 aromatic heterocycles. The van der Waals surface area contributed by atoms with Crippen LogP contribution in [0.15, 0.2) is 48.9 Å². The Kier molecular flexibility index (Phi) is 7.35. The molecule has 3 aromatic rings. The predicted molar refractivity (Wildman–Crippen MR) is 150 cm³/mol. The smallest absolute Gasteiger partial charge is 0.251 e. The lowest BCUT2D eigenvalue weighted by molar-refractivity contribution is 0.0950. The molecule has 5 rings (SSSR count). The van der Waals surface area contributed by atoms with Gasteiger partial charge in [-0.1, -0.05) is 26.7 Å². The second-order valence-corrected chi connectivity index (χ2v) is 11.1. The van der Waals surface area contributed by atoms with E-state index in [4.69, 9.17) is 9.72 Å². The summed E-state index contributed by atoms with van der Waals surface area (Å²) >= 11 is 0. The predicted octanol–water partition coefficient (Wildman–Crippen LogP) is 4.78. The van der Waals surface area contributed by atoms with E-state index >= 15 is 0 Å². The number of carbonyl (C=O) groups excluding carboxylic acids is 1. The van der Waals surface area contributed by atoms with Crippen LogP contribution < -0.4 is 25.2 Å². The minimum absolute atomic E-state index is 0.128. The third-order valence-electron chi connectivity index (χ3n) is 7.37. The standard InChI is InChI=1S/C29H37N7O2/c1-29(2)18-35(3)24-17-32-28(34-26(24)36(19-29)22-7-5-6-8-22)33-23-10-9-21(15-25(23)38-4)27(37)31-16-20-11-13-30-14-12-20/h9-15,17,22H,5-8,16,18-19H2,1-4H3,(H,31,37)(H,32,33,34). The van der Waals surface area contributed by atoms with Crippen LogP contribution in [0.25, 0.3) is 0 Å². The number of ether oxygens (including phenoxy) is 1. The van der Waals surface area contributed by atoms with Gasteiger partial charge in [0, 0.05) is 50.7 Å². The number of hydrogen-bond donors (Lipinski definition) is 2. The molecular weight excluding hydrogens is 478 g/mol. The number of rotatable bonds is 7. The molecule has 1 saturated carbocycles. The maximum Gasteiger partial charge on any atom is 0.251 e. The molecule has 2 N–H and O–H groups in total. The monoisotopic (exact) mass is 515 g/mol. The van der Waals surface area contributed by atoms with Crippen molar-refractivity contribution in [2.24, 2.45) is 5.41 Å². The maximum atomic E-state index is 12.8. The molecule has 1 aromatic carbocycles. The van der Waals surface area contributed by atoms with Crippen molar-refractivity contribution in [1.29, 1.82) is 0 Å². The number of aromatic nitrogens is 3. The lowest BCUT2D eigenvalue weighted by atomic mass is 9.92. The van der Waals surface area contributed by atoms with Gasteiger partial charge in [0.2, 0.25) is 5.95 Å². The number of nitrogens with zero attached hydrogens (tertiary/aromatic N) is 5. The van der Waals surface area contributed by atoms with Gasteiger partial charge in [0.15, 0.2) is 5.82 Å². The lowest BCUT2D eigenvalue weighted by Crippen LogP contribution is -2.42. The average Bonchev–Trinajstić information content (AvgIpc) is 3.43. The first-order chi connectivity index (χ1) is 18.3. The number of nitrogens with one attached hydrogen (secondary N) is 2. The summed E-state index contributed by atoms with van der Waals surface area (Å²) in [5.74, 6) is 1.86. The van der Waals surface area contributed by atoms with E-state index in [9.17, 15) is 4.79 Å². The molecule has 0 bridgehead atoms. The number of fused-ring (bicyclic) bond motifs is 1. The first-order valence-electron chi connectivity index (χ1n) is 13.3. The second kappa shape index (κ2) is 10.8. The fourth-order valence-corrected chi connectivity index (χ4v) is 5.58. The third kappa shape index (κ3) is 5.66. The topological polar surface area (TPSA) is 95.5 Å². The second-order valence-electron chi connectivity index (χ2n) is 11.1. The molecule has 0 atom stereocenters. The van der Waals surface area contributed by atoms with Crippen LogP contribution in [0, 0.1) is 5.41 Å². The zero-order valence-corrected chi connectivity index (χ0v) is 22.7. The van der Waals surface area contributed by atoms with Gasteiger partial charge in [-0.2, -0.15) is 4.98 Å². The number of pyridine rings is 1. The molecule has 0 unspecified atom stereocenters. The minimum Gasteiger partial charge on any atom is -0.495 e. The van der Waals surface area contributed by atoms with Gasteiger partial charge in [0.25, 0.3) is 5.91 Å². The van der Waals surface area contributed by atoms with E-state index in [2.05, 4.69) is 51.3 Å². The van der Waals surface area contributed by atoms with Crippen molar-refractivity contribution < 1.29 is 9.53 Å². The molecular formula is C29H37N7O2. The Balaban J connectivity index is 1.37. The summed E-state index contributed by atoms with van der Waals surface area (Å²) in [6.07, 6.45) is 10.3. The molecule has 2 aliphatic rings. The Labute approximate surface area is 224 Å². The zero-order chi connectivity index (χ0) is 26.7. The largest absolute Gasteiger partial charge is 0.495 e. The van der Waals surface area contributed by atoms with E-state index in [1.165, 1.54) is 25.7 Å². The Morgan fingerprint density at radius 3 is 2.63 bits per heavy atom. The van der Waals surface area contributed by atoms with Crippen molar-refractivity contribution in [3.05, 3.63) is 60.0 Å². The van der Waals surface area contributed by atoms with Crippen LogP contribution in [-0.4, -0.2) is 54.1 Å². The average molecular weight is 516 g/mol. The lowest BCUT2D eigenvalue weighted by Gasteiger charge is -2.35. The molecule has 1 aliphatic carbocycles. The highest BCUT2D eigenvalue weighted by Crippen LogP contribution is 2.40. The first-order valence-corrected chi connectivity index (χ1v) is 13.3. The van der Waals surface area contributed by atoms with Crippen LogP contribution in [0.5, 0.6) is 5.75 Å². The van der Waals surface area contributed by atoms with Gasteiger partial charge in [0.05, 0.1) is 24.7 Å². The van der Waals surface area contributed by atoms with Crippen LogP contribution in [-0.2, 0) is 6.54 Å². The molecule has 0 radical (unpaired) electrons. The van der Waals surface area contributed by atoms with Gasteiger partial charge >= 0.3 is 0 Å². The van der Waals surface area contributed by atoms with Gasteiger partial charge in [-0.15, -0.1) is 0 Å². The van der Waals surface area contributed by atoms with Crippen molar-refractivity contribution in [3.8, 4) is 5.75 Å². The van der Waals surface area contributed by atoms with E-state index in [0.717, 1.165) is 30.2 Å². The summed E-state index contributed by atoms with van der Waals surface area (Å²) in [5, 5.41) is 6.27. The van der Waals surface area contributed by atoms with Crippen molar-refractivity contribution >= 4 is 29.0 Å². The Morgan fingerprint density at radius 2 is 1.89 bits per heavy atom. The third-order valence-corrected chi connectivity index (χ3v) is 7.37. The summed E-state index contributed by atoms with van der Waals surface area (Å²) in [4.78, 5) is 31.2. The van der Waals surface area contributed by atoms with Crippen LogP contribution in [0.1, 0.15) is 55.5 Å². The number of amides is 1. The van der Waals surface area contributed by atoms with Crippen LogP contribution in [0.2, 0.25) is 0 Å². The van der Waals surface area contributed by atoms with E-state index < -0.39 is 0 Å². The van der Waals surface area contributed by atoms with Crippen LogP contribution >= 0.6 is 0 Å². The number of carbonyl (C=O) groups is 1. The summed E-state index contributed by atoms with van der Waals surface area (Å²) in [6.45, 7) is 6.97. The van der Waals surface area contributed by atoms with E-state index in [0.29, 0.717) is 35.5 Å². The molecule has 0 spiro atoms. The van der Waals surface area contributed by atoms with Crippen LogP contribution in [0.4, 0.5) is 23.1 Å². The molecule has 38 heavy (non-hydrogen) atoms. The fourth-order valence-electron chi connectivity index (χ4n) is 5.58. The molecule has 9 nitrogen and oxygen atoms in total. The number of hydrogen-bond acceptors (Lipinski definition) is 8. The summed E-state index contributed by atoms with van der Waals surface area (Å²) in [6, 6.07) is 9.59. The van der Waals surface area contributed by atoms with E-state index in [1.807, 2.05) is 24.4 Å². The zero-order valence-electron chi connectivity index (χ0n) is 22.7. The molecule has 1 amide bonds. The molecule has 3 heterocycles.